The molecule has 42 heavy (non-hydrogen) atoms. The maximum absolute atomic E-state index is 11.4. The fourth-order valence-electron chi connectivity index (χ4n) is 3.79. The van der Waals surface area contributed by atoms with Crippen molar-refractivity contribution in [2.75, 3.05) is 37.6 Å². The summed E-state index contributed by atoms with van der Waals surface area (Å²) in [7, 11) is -7.12. The predicted octanol–water partition coefficient (Wildman–Crippen LogP) is 5.05. The van der Waals surface area contributed by atoms with Crippen LogP contribution in [0.1, 0.15) is 16.1 Å². The third-order valence-electron chi connectivity index (χ3n) is 5.70. The highest BCUT2D eigenvalue weighted by molar-refractivity contribution is 7.86. The second kappa shape index (κ2) is 14.5. The van der Waals surface area contributed by atoms with E-state index in [0.717, 1.165) is 51.3 Å². The number of anilines is 1. The van der Waals surface area contributed by atoms with Crippen molar-refractivity contribution in [1.29, 1.82) is 0 Å². The van der Waals surface area contributed by atoms with Crippen LogP contribution >= 0.6 is 11.3 Å². The number of nitrogens with zero attached hydrogens (tertiary/aromatic N) is 2. The third kappa shape index (κ3) is 10.7. The minimum Gasteiger partial charge on any atom is -0.486 e. The lowest BCUT2D eigenvalue weighted by Crippen LogP contribution is -2.14. The van der Waals surface area contributed by atoms with E-state index in [1.54, 1.807) is 17.6 Å². The number of thiazole rings is 1. The second-order valence-corrected chi connectivity index (χ2v) is 13.4. The van der Waals surface area contributed by atoms with E-state index in [9.17, 15) is 16.8 Å². The number of para-hydroxylation sites is 1. The Balaban J connectivity index is 1.39. The molecule has 3 aromatic carbocycles. The van der Waals surface area contributed by atoms with Crippen molar-refractivity contribution >= 4 is 49.2 Å². The summed E-state index contributed by atoms with van der Waals surface area (Å²) in [5, 5.41) is 6.01. The van der Waals surface area contributed by atoms with Gasteiger partial charge in [-0.3, -0.25) is 13.4 Å². The van der Waals surface area contributed by atoms with Crippen molar-refractivity contribution < 1.29 is 29.9 Å². The largest absolute Gasteiger partial charge is 0.486 e. The molecule has 10 nitrogen and oxygen atoms in total. The zero-order chi connectivity index (χ0) is 30.0. The molecule has 222 valence electrons. The molecule has 1 heterocycles. The van der Waals surface area contributed by atoms with E-state index in [4.69, 9.17) is 13.1 Å². The number of hydrogen-bond acceptors (Lipinski definition) is 11. The van der Waals surface area contributed by atoms with Crippen LogP contribution in [0.4, 0.5) is 11.4 Å². The van der Waals surface area contributed by atoms with Crippen LogP contribution in [0.3, 0.4) is 0 Å². The molecule has 0 radical (unpaired) electrons. The molecule has 0 amide bonds. The minimum absolute atomic E-state index is 0.0356. The molecule has 1 aromatic heterocycles. The summed E-state index contributed by atoms with van der Waals surface area (Å²) < 4.78 is 60.6. The molecule has 13 heteroatoms. The van der Waals surface area contributed by atoms with Gasteiger partial charge >= 0.3 is 0 Å². The van der Waals surface area contributed by atoms with E-state index < -0.39 is 20.2 Å². The van der Waals surface area contributed by atoms with Gasteiger partial charge in [-0.15, -0.1) is 11.3 Å². The van der Waals surface area contributed by atoms with Crippen molar-refractivity contribution in [3.8, 4) is 17.0 Å². The topological polar surface area (TPSA) is 133 Å². The number of hydrogen-bond donors (Lipinski definition) is 1. The zero-order valence-electron chi connectivity index (χ0n) is 23.1. The molecule has 0 saturated carbocycles. The Labute approximate surface area is 250 Å². The number of aliphatic imine (C=N–C) groups is 1. The summed E-state index contributed by atoms with van der Waals surface area (Å²) in [5.74, 6) is 0.802. The van der Waals surface area contributed by atoms with Gasteiger partial charge in [-0.1, -0.05) is 36.4 Å². The summed E-state index contributed by atoms with van der Waals surface area (Å²) >= 11 is 1.54. The molecular weight excluding hydrogens is 599 g/mol. The van der Waals surface area contributed by atoms with Crippen LogP contribution in [-0.2, 0) is 41.6 Å². The lowest BCUT2D eigenvalue weighted by Gasteiger charge is -2.13. The molecule has 1 N–H and O–H groups in total. The van der Waals surface area contributed by atoms with E-state index in [0.29, 0.717) is 18.7 Å². The number of benzene rings is 3. The number of rotatable bonds is 15. The molecule has 0 bridgehead atoms. The Hall–Kier alpha value is -3.62. The maximum atomic E-state index is 11.4. The second-order valence-electron chi connectivity index (χ2n) is 9.18. The Bertz CT molecular complexity index is 1700. The molecule has 4 rings (SSSR count). The summed E-state index contributed by atoms with van der Waals surface area (Å²) in [6.45, 7) is 0.572. The van der Waals surface area contributed by atoms with Gasteiger partial charge in [0.15, 0.2) is 0 Å². The molecular formula is C29H31N3O7S3. The molecule has 0 atom stereocenters. The van der Waals surface area contributed by atoms with Gasteiger partial charge in [0.2, 0.25) is 0 Å². The first-order chi connectivity index (χ1) is 20.0. The average Bonchev–Trinajstić information content (AvgIpc) is 3.43. The highest BCUT2D eigenvalue weighted by atomic mass is 32.2. The first-order valence-electron chi connectivity index (χ1n) is 12.9. The molecule has 0 fully saturated rings. The molecule has 0 aliphatic heterocycles. The fraction of sp³-hybridized carbons (Fsp3) is 0.241. The standard InChI is InChI=1S/C29H31N3O7S3/c1-41(33,34)38-16-14-24-18-22(8-13-27(24)30-15-17-39-42(2,35)36)19-31-25-11-9-23(10-12-25)28-21-40-29(32-28)20-37-26-6-4-3-5-7-26/h3-13,18-19,21,30H,14-17,20H2,1-2H3. The van der Waals surface area contributed by atoms with E-state index >= 15 is 0 Å². The first kappa shape index (κ1) is 31.3. The van der Waals surface area contributed by atoms with Crippen LogP contribution in [0.5, 0.6) is 5.75 Å². The average molecular weight is 630 g/mol. The van der Waals surface area contributed by atoms with Crippen LogP contribution < -0.4 is 10.1 Å². The van der Waals surface area contributed by atoms with Crippen LogP contribution in [0, 0.1) is 0 Å². The summed E-state index contributed by atoms with van der Waals surface area (Å²) in [4.78, 5) is 9.25. The summed E-state index contributed by atoms with van der Waals surface area (Å²) in [5.41, 5.74) is 4.89. The van der Waals surface area contributed by atoms with Crippen LogP contribution in [-0.4, -0.2) is 60.3 Å². The van der Waals surface area contributed by atoms with Crippen molar-refractivity contribution in [3.05, 3.63) is 94.3 Å². The van der Waals surface area contributed by atoms with E-state index in [1.807, 2.05) is 78.2 Å². The predicted molar refractivity (Wildman–Crippen MR) is 166 cm³/mol. The van der Waals surface area contributed by atoms with Crippen molar-refractivity contribution in [3.63, 3.8) is 0 Å². The van der Waals surface area contributed by atoms with Crippen molar-refractivity contribution in [2.24, 2.45) is 4.99 Å². The number of nitrogens with one attached hydrogen (secondary N) is 1. The maximum Gasteiger partial charge on any atom is 0.264 e. The van der Waals surface area contributed by atoms with Gasteiger partial charge in [-0.2, -0.15) is 16.8 Å². The fourth-order valence-corrected chi connectivity index (χ4v) is 5.28. The molecule has 0 aliphatic carbocycles. The van der Waals surface area contributed by atoms with Gasteiger partial charge in [-0.05, 0) is 53.9 Å². The SMILES string of the molecule is CS(=O)(=O)OCCNc1ccc(C=Nc2ccc(-c3csc(COc4ccccc4)n3)cc2)cc1CCOS(C)(=O)=O. The van der Waals surface area contributed by atoms with Gasteiger partial charge in [0.25, 0.3) is 20.2 Å². The van der Waals surface area contributed by atoms with Crippen LogP contribution in [0.25, 0.3) is 11.3 Å². The molecule has 4 aromatic rings. The number of aromatic nitrogens is 1. The number of ether oxygens (including phenoxy) is 1. The van der Waals surface area contributed by atoms with Gasteiger partial charge in [0.05, 0.1) is 37.1 Å². The summed E-state index contributed by atoms with van der Waals surface area (Å²) in [6, 6.07) is 22.9. The van der Waals surface area contributed by atoms with E-state index in [1.165, 1.54) is 0 Å². The molecule has 0 aliphatic rings. The summed E-state index contributed by atoms with van der Waals surface area (Å²) in [6.07, 6.45) is 4.01. The van der Waals surface area contributed by atoms with Crippen molar-refractivity contribution in [1.82, 2.24) is 4.98 Å². The van der Waals surface area contributed by atoms with Crippen molar-refractivity contribution in [2.45, 2.75) is 13.0 Å². The lowest BCUT2D eigenvalue weighted by atomic mass is 10.1. The smallest absolute Gasteiger partial charge is 0.264 e. The van der Waals surface area contributed by atoms with E-state index in [-0.39, 0.29) is 19.8 Å². The normalized spacial score (nSPS) is 12.0. The Kier molecular flexibility index (Phi) is 10.8. The highest BCUT2D eigenvalue weighted by Gasteiger charge is 2.09. The molecule has 0 unspecified atom stereocenters. The quantitative estimate of drug-likeness (QED) is 0.109. The Morgan fingerprint density at radius 1 is 0.905 bits per heavy atom. The van der Waals surface area contributed by atoms with Gasteiger partial charge < -0.3 is 10.1 Å². The monoisotopic (exact) mass is 629 g/mol. The van der Waals surface area contributed by atoms with Crippen LogP contribution in [0.15, 0.2) is 83.2 Å². The molecule has 0 saturated heterocycles. The third-order valence-corrected chi connectivity index (χ3v) is 7.71. The van der Waals surface area contributed by atoms with Gasteiger partial charge in [-0.25, -0.2) is 4.98 Å². The Morgan fingerprint density at radius 2 is 1.62 bits per heavy atom. The molecule has 0 spiro atoms. The zero-order valence-corrected chi connectivity index (χ0v) is 25.5. The van der Waals surface area contributed by atoms with Gasteiger partial charge in [0.1, 0.15) is 17.4 Å². The van der Waals surface area contributed by atoms with Gasteiger partial charge in [0, 0.05) is 29.4 Å². The highest BCUT2D eigenvalue weighted by Crippen LogP contribution is 2.25. The van der Waals surface area contributed by atoms with Crippen LogP contribution in [0.2, 0.25) is 0 Å². The first-order valence-corrected chi connectivity index (χ1v) is 17.4. The lowest BCUT2D eigenvalue weighted by molar-refractivity contribution is 0.305. The minimum atomic E-state index is -3.58. The van der Waals surface area contributed by atoms with E-state index in [2.05, 4.69) is 15.3 Å². The Morgan fingerprint density at radius 3 is 2.33 bits per heavy atom.